The van der Waals surface area contributed by atoms with Crippen molar-refractivity contribution in [2.24, 2.45) is 0 Å². The first-order chi connectivity index (χ1) is 8.60. The lowest BCUT2D eigenvalue weighted by Gasteiger charge is -2.27. The van der Waals surface area contributed by atoms with E-state index in [1.807, 2.05) is 13.1 Å². The molecule has 0 saturated carbocycles. The third-order valence-corrected chi connectivity index (χ3v) is 3.72. The number of likely N-dealkylation sites (N-methyl/N-ethyl adjacent to an activating group) is 2. The molecule has 4 heteroatoms. The summed E-state index contributed by atoms with van der Waals surface area (Å²) < 4.78 is 13.4. The number of aliphatic hydroxyl groups excluding tert-OH is 1. The number of benzene rings is 1. The lowest BCUT2D eigenvalue weighted by atomic mass is 10.1. The molecule has 1 unspecified atom stereocenters. The van der Waals surface area contributed by atoms with Gasteiger partial charge < -0.3 is 14.9 Å². The maximum Gasteiger partial charge on any atom is 0.125 e. The van der Waals surface area contributed by atoms with E-state index in [0.29, 0.717) is 11.6 Å². The van der Waals surface area contributed by atoms with E-state index in [1.54, 1.807) is 0 Å². The summed E-state index contributed by atoms with van der Waals surface area (Å²) in [6, 6.07) is 5.28. The van der Waals surface area contributed by atoms with Crippen LogP contribution in [0.1, 0.15) is 18.4 Å². The lowest BCUT2D eigenvalue weighted by molar-refractivity contribution is 0.281. The fraction of sp³-hybridized carbons (Fsp3) is 0.571. The normalized spacial score (nSPS) is 20.3. The molecular formula is C14H21FN2O. The SMILES string of the molecule is CN(CC1CCCN1C)c1cc(F)cc(CO)c1. The minimum Gasteiger partial charge on any atom is -0.392 e. The predicted octanol–water partition coefficient (Wildman–Crippen LogP) is 1.85. The van der Waals surface area contributed by atoms with Crippen LogP contribution in [0, 0.1) is 5.82 Å². The lowest BCUT2D eigenvalue weighted by Crippen LogP contribution is -2.36. The zero-order chi connectivity index (χ0) is 13.1. The highest BCUT2D eigenvalue weighted by Gasteiger charge is 2.22. The van der Waals surface area contributed by atoms with Crippen LogP contribution in [0.2, 0.25) is 0 Å². The average Bonchev–Trinajstić information content (AvgIpc) is 2.74. The minimum absolute atomic E-state index is 0.123. The summed E-state index contributed by atoms with van der Waals surface area (Å²) in [4.78, 5) is 4.41. The molecule has 0 aliphatic carbocycles. The fourth-order valence-electron chi connectivity index (χ4n) is 2.58. The van der Waals surface area contributed by atoms with Crippen LogP contribution < -0.4 is 4.90 Å². The Morgan fingerprint density at radius 1 is 1.44 bits per heavy atom. The second kappa shape index (κ2) is 5.67. The van der Waals surface area contributed by atoms with Crippen LogP contribution in [0.4, 0.5) is 10.1 Å². The van der Waals surface area contributed by atoms with Gasteiger partial charge in [-0.25, -0.2) is 4.39 Å². The van der Waals surface area contributed by atoms with Crippen molar-refractivity contribution >= 4 is 5.69 Å². The Hall–Kier alpha value is -1.13. The highest BCUT2D eigenvalue weighted by molar-refractivity contribution is 5.48. The van der Waals surface area contributed by atoms with Crippen LogP contribution in [-0.2, 0) is 6.61 Å². The maximum atomic E-state index is 13.4. The van der Waals surface area contributed by atoms with Gasteiger partial charge in [0.15, 0.2) is 0 Å². The largest absolute Gasteiger partial charge is 0.392 e. The van der Waals surface area contributed by atoms with Gasteiger partial charge in [0, 0.05) is 25.3 Å². The van der Waals surface area contributed by atoms with Crippen molar-refractivity contribution in [2.75, 3.05) is 32.1 Å². The van der Waals surface area contributed by atoms with Crippen LogP contribution in [-0.4, -0.2) is 43.2 Å². The van der Waals surface area contributed by atoms with Gasteiger partial charge >= 0.3 is 0 Å². The molecule has 1 heterocycles. The number of rotatable bonds is 4. The molecule has 1 aliphatic rings. The van der Waals surface area contributed by atoms with Crippen LogP contribution in [0.3, 0.4) is 0 Å². The average molecular weight is 252 g/mol. The third kappa shape index (κ3) is 3.00. The molecule has 1 saturated heterocycles. The molecule has 0 amide bonds. The zero-order valence-electron chi connectivity index (χ0n) is 11.1. The van der Waals surface area contributed by atoms with Gasteiger partial charge in [-0.2, -0.15) is 0 Å². The molecule has 0 bridgehead atoms. The summed E-state index contributed by atoms with van der Waals surface area (Å²) >= 11 is 0. The van der Waals surface area contributed by atoms with Crippen LogP contribution in [0.15, 0.2) is 18.2 Å². The second-order valence-electron chi connectivity index (χ2n) is 5.13. The molecule has 1 atom stereocenters. The Labute approximate surface area is 108 Å². The monoisotopic (exact) mass is 252 g/mol. The number of aliphatic hydroxyl groups is 1. The van der Waals surface area contributed by atoms with Gasteiger partial charge in [0.2, 0.25) is 0 Å². The molecule has 2 rings (SSSR count). The van der Waals surface area contributed by atoms with Crippen molar-refractivity contribution in [3.05, 3.63) is 29.6 Å². The van der Waals surface area contributed by atoms with Gasteiger partial charge in [0.1, 0.15) is 5.82 Å². The first kappa shape index (κ1) is 13.3. The molecule has 3 nitrogen and oxygen atoms in total. The Bertz CT molecular complexity index is 411. The van der Waals surface area contributed by atoms with Crippen molar-refractivity contribution in [1.29, 1.82) is 0 Å². The Balaban J connectivity index is 2.08. The smallest absolute Gasteiger partial charge is 0.125 e. The summed E-state index contributed by atoms with van der Waals surface area (Å²) in [6.45, 7) is 1.91. The van der Waals surface area contributed by atoms with Gasteiger partial charge in [-0.1, -0.05) is 0 Å². The molecule has 100 valence electrons. The van der Waals surface area contributed by atoms with Gasteiger partial charge in [0.25, 0.3) is 0 Å². The Morgan fingerprint density at radius 3 is 2.83 bits per heavy atom. The molecule has 0 radical (unpaired) electrons. The molecule has 1 fully saturated rings. The minimum atomic E-state index is -0.289. The van der Waals surface area contributed by atoms with Crippen molar-refractivity contribution in [3.63, 3.8) is 0 Å². The van der Waals surface area contributed by atoms with Crippen molar-refractivity contribution in [2.45, 2.75) is 25.5 Å². The Kier molecular flexibility index (Phi) is 4.19. The van der Waals surface area contributed by atoms with E-state index in [4.69, 9.17) is 5.11 Å². The maximum absolute atomic E-state index is 13.4. The Morgan fingerprint density at radius 2 is 2.22 bits per heavy atom. The van der Waals surface area contributed by atoms with E-state index in [9.17, 15) is 4.39 Å². The van der Waals surface area contributed by atoms with E-state index in [0.717, 1.165) is 18.8 Å². The first-order valence-corrected chi connectivity index (χ1v) is 6.42. The van der Waals surface area contributed by atoms with Gasteiger partial charge in [0.05, 0.1) is 6.61 Å². The standard InChI is InChI=1S/C14H21FN2O/c1-16-5-3-4-13(16)9-17(2)14-7-11(10-18)6-12(15)8-14/h6-8,13,18H,3-5,9-10H2,1-2H3. The van der Waals surface area contributed by atoms with Crippen molar-refractivity contribution < 1.29 is 9.50 Å². The van der Waals surface area contributed by atoms with Gasteiger partial charge in [-0.3, -0.25) is 0 Å². The summed E-state index contributed by atoms with van der Waals surface area (Å²) in [5, 5.41) is 9.10. The predicted molar refractivity (Wildman–Crippen MR) is 71.2 cm³/mol. The summed E-state index contributed by atoms with van der Waals surface area (Å²) in [7, 11) is 4.11. The van der Waals surface area contributed by atoms with E-state index in [1.165, 1.54) is 25.0 Å². The zero-order valence-corrected chi connectivity index (χ0v) is 11.1. The molecular weight excluding hydrogens is 231 g/mol. The van der Waals surface area contributed by atoms with Gasteiger partial charge in [-0.05, 0) is 50.2 Å². The van der Waals surface area contributed by atoms with E-state index in [2.05, 4.69) is 16.8 Å². The number of hydrogen-bond donors (Lipinski definition) is 1. The molecule has 1 aromatic carbocycles. The van der Waals surface area contributed by atoms with Crippen molar-refractivity contribution in [3.8, 4) is 0 Å². The molecule has 0 aromatic heterocycles. The molecule has 1 aliphatic heterocycles. The molecule has 1 aromatic rings. The van der Waals surface area contributed by atoms with Crippen LogP contribution in [0.25, 0.3) is 0 Å². The summed E-state index contributed by atoms with van der Waals surface area (Å²) in [5.74, 6) is -0.289. The highest BCUT2D eigenvalue weighted by atomic mass is 19.1. The first-order valence-electron chi connectivity index (χ1n) is 6.42. The fourth-order valence-corrected chi connectivity index (χ4v) is 2.58. The molecule has 18 heavy (non-hydrogen) atoms. The van der Waals surface area contributed by atoms with E-state index in [-0.39, 0.29) is 12.4 Å². The number of hydrogen-bond acceptors (Lipinski definition) is 3. The molecule has 1 N–H and O–H groups in total. The van der Waals surface area contributed by atoms with Crippen LogP contribution in [0.5, 0.6) is 0 Å². The molecule has 0 spiro atoms. The van der Waals surface area contributed by atoms with Crippen LogP contribution >= 0.6 is 0 Å². The van der Waals surface area contributed by atoms with Gasteiger partial charge in [-0.15, -0.1) is 0 Å². The summed E-state index contributed by atoms with van der Waals surface area (Å²) in [6.07, 6.45) is 2.43. The van der Waals surface area contributed by atoms with E-state index < -0.39 is 0 Å². The highest BCUT2D eigenvalue weighted by Crippen LogP contribution is 2.21. The number of likely N-dealkylation sites (tertiary alicyclic amines) is 1. The topological polar surface area (TPSA) is 26.7 Å². The number of halogens is 1. The summed E-state index contributed by atoms with van der Waals surface area (Å²) in [5.41, 5.74) is 1.45. The van der Waals surface area contributed by atoms with E-state index >= 15 is 0 Å². The third-order valence-electron chi connectivity index (χ3n) is 3.72. The number of anilines is 1. The number of nitrogens with zero attached hydrogens (tertiary/aromatic N) is 2. The second-order valence-corrected chi connectivity index (χ2v) is 5.13. The van der Waals surface area contributed by atoms with Crippen molar-refractivity contribution in [1.82, 2.24) is 4.90 Å². The quantitative estimate of drug-likeness (QED) is 0.886.